The molecule has 0 aliphatic rings. The molecule has 0 fully saturated rings. The number of nitrogens with one attached hydrogen (secondary N) is 1. The first-order valence-corrected chi connectivity index (χ1v) is 7.00. The number of para-hydroxylation sites is 2. The molecular weight excluding hydrogens is 302 g/mol. The Labute approximate surface area is 131 Å². The van der Waals surface area contributed by atoms with E-state index in [1.54, 1.807) is 12.4 Å². The molecule has 1 heterocycles. The van der Waals surface area contributed by atoms with Crippen LogP contribution in [0.2, 0.25) is 0 Å². The van der Waals surface area contributed by atoms with Crippen molar-refractivity contribution in [3.8, 4) is 5.75 Å². The zero-order chi connectivity index (χ0) is 15.7. The second-order valence-corrected chi connectivity index (χ2v) is 5.18. The summed E-state index contributed by atoms with van der Waals surface area (Å²) in [4.78, 5) is 15.2. The summed E-state index contributed by atoms with van der Waals surface area (Å²) in [6.45, 7) is 0. The van der Waals surface area contributed by atoms with E-state index in [9.17, 15) is 9.90 Å². The van der Waals surface area contributed by atoms with Gasteiger partial charge in [0.25, 0.3) is 0 Å². The molecule has 0 spiro atoms. The summed E-state index contributed by atoms with van der Waals surface area (Å²) in [5.41, 5.74) is 1.77. The van der Waals surface area contributed by atoms with Crippen molar-refractivity contribution >= 4 is 35.3 Å². The molecule has 1 aromatic heterocycles. The quantitative estimate of drug-likeness (QED) is 0.439. The molecular formula is C15H13N3O3S. The number of hydrogen-bond acceptors (Lipinski definition) is 5. The lowest BCUT2D eigenvalue weighted by atomic mass is 10.2. The predicted octanol–water partition coefficient (Wildman–Crippen LogP) is 2.94. The number of carbonyl (C=O) groups is 1. The molecule has 1 atom stereocenters. The van der Waals surface area contributed by atoms with E-state index in [1.165, 1.54) is 12.1 Å². The van der Waals surface area contributed by atoms with Crippen molar-refractivity contribution in [2.24, 2.45) is 0 Å². The van der Waals surface area contributed by atoms with E-state index in [4.69, 9.17) is 5.11 Å². The van der Waals surface area contributed by atoms with Gasteiger partial charge >= 0.3 is 5.97 Å². The second kappa shape index (κ2) is 5.61. The van der Waals surface area contributed by atoms with E-state index in [1.807, 2.05) is 28.8 Å². The van der Waals surface area contributed by atoms with Gasteiger partial charge in [0, 0.05) is 11.8 Å². The lowest BCUT2D eigenvalue weighted by Gasteiger charge is -2.17. The Bertz CT molecular complexity index is 847. The summed E-state index contributed by atoms with van der Waals surface area (Å²) < 4.78 is 1.83. The maximum Gasteiger partial charge on any atom is 0.339 e. The molecule has 3 rings (SSSR count). The van der Waals surface area contributed by atoms with Crippen LogP contribution in [0.5, 0.6) is 5.75 Å². The molecule has 0 aliphatic heterocycles. The molecule has 0 saturated heterocycles. The minimum absolute atomic E-state index is 0.144. The number of thiol groups is 1. The molecule has 1 unspecified atom stereocenters. The van der Waals surface area contributed by atoms with Gasteiger partial charge in [-0.3, -0.25) is 0 Å². The number of aromatic hydroxyl groups is 1. The van der Waals surface area contributed by atoms with Crippen LogP contribution >= 0.6 is 12.6 Å². The van der Waals surface area contributed by atoms with Crippen LogP contribution in [0.1, 0.15) is 15.9 Å². The minimum atomic E-state index is -1.17. The Balaban J connectivity index is 1.86. The highest BCUT2D eigenvalue weighted by molar-refractivity contribution is 7.80. The van der Waals surface area contributed by atoms with Gasteiger partial charge in [-0.25, -0.2) is 9.78 Å². The number of imidazole rings is 1. The van der Waals surface area contributed by atoms with Crippen molar-refractivity contribution in [2.45, 2.75) is 5.50 Å². The fourth-order valence-electron chi connectivity index (χ4n) is 2.19. The van der Waals surface area contributed by atoms with Crippen LogP contribution in [0.25, 0.3) is 11.0 Å². The smallest absolute Gasteiger partial charge is 0.339 e. The number of nitrogens with zero attached hydrogens (tertiary/aromatic N) is 2. The van der Waals surface area contributed by atoms with Crippen LogP contribution in [-0.4, -0.2) is 25.7 Å². The lowest BCUT2D eigenvalue weighted by Crippen LogP contribution is -2.11. The molecule has 0 amide bonds. The van der Waals surface area contributed by atoms with Gasteiger partial charge < -0.3 is 20.1 Å². The maximum atomic E-state index is 10.9. The van der Waals surface area contributed by atoms with Gasteiger partial charge in [-0.2, -0.15) is 0 Å². The zero-order valence-corrected chi connectivity index (χ0v) is 12.2. The van der Waals surface area contributed by atoms with E-state index in [-0.39, 0.29) is 11.3 Å². The van der Waals surface area contributed by atoms with E-state index in [0.717, 1.165) is 11.0 Å². The fraction of sp³-hybridized carbons (Fsp3) is 0.0667. The number of carboxylic acid groups (broad SMARTS) is 1. The van der Waals surface area contributed by atoms with Crippen LogP contribution in [0, 0.1) is 0 Å². The Kier molecular flexibility index (Phi) is 3.64. The van der Waals surface area contributed by atoms with Crippen molar-refractivity contribution < 1.29 is 15.0 Å². The van der Waals surface area contributed by atoms with Gasteiger partial charge in [0.1, 0.15) is 11.3 Å². The van der Waals surface area contributed by atoms with Crippen LogP contribution in [-0.2, 0) is 0 Å². The van der Waals surface area contributed by atoms with Crippen molar-refractivity contribution in [2.75, 3.05) is 5.32 Å². The molecule has 112 valence electrons. The highest BCUT2D eigenvalue weighted by Crippen LogP contribution is 2.26. The standard InChI is InChI=1S/C15H13N3O3S/c19-13-7-9(5-6-10(13)14(20)21)17-15(22)18-8-16-11-3-1-2-4-12(11)18/h1-8,15,17,19,22H,(H,20,21). The molecule has 0 saturated carbocycles. The number of fused-ring (bicyclic) bond motifs is 1. The van der Waals surface area contributed by atoms with Gasteiger partial charge in [-0.05, 0) is 24.3 Å². The maximum absolute atomic E-state index is 10.9. The number of benzene rings is 2. The van der Waals surface area contributed by atoms with Crippen LogP contribution in [0.3, 0.4) is 0 Å². The monoisotopic (exact) mass is 315 g/mol. The number of rotatable bonds is 4. The number of aromatic nitrogens is 2. The molecule has 22 heavy (non-hydrogen) atoms. The first kappa shape index (κ1) is 14.3. The van der Waals surface area contributed by atoms with Crippen molar-refractivity contribution in [3.63, 3.8) is 0 Å². The minimum Gasteiger partial charge on any atom is -0.507 e. The van der Waals surface area contributed by atoms with E-state index in [2.05, 4.69) is 22.9 Å². The third kappa shape index (κ3) is 2.58. The zero-order valence-electron chi connectivity index (χ0n) is 11.3. The lowest BCUT2D eigenvalue weighted by molar-refractivity contribution is 0.0694. The number of phenols is 1. The molecule has 7 heteroatoms. The molecule has 2 aromatic carbocycles. The highest BCUT2D eigenvalue weighted by atomic mass is 32.1. The summed E-state index contributed by atoms with van der Waals surface area (Å²) in [6, 6.07) is 11.9. The molecule has 6 nitrogen and oxygen atoms in total. The van der Waals surface area contributed by atoms with E-state index < -0.39 is 11.5 Å². The fourth-order valence-corrected chi connectivity index (χ4v) is 2.53. The topological polar surface area (TPSA) is 87.4 Å². The van der Waals surface area contributed by atoms with Crippen LogP contribution < -0.4 is 5.32 Å². The first-order chi connectivity index (χ1) is 10.6. The van der Waals surface area contributed by atoms with Gasteiger partial charge in [0.15, 0.2) is 5.50 Å². The summed E-state index contributed by atoms with van der Waals surface area (Å²) in [5, 5.41) is 21.7. The van der Waals surface area contributed by atoms with Gasteiger partial charge in [0.05, 0.1) is 17.4 Å². The summed E-state index contributed by atoms with van der Waals surface area (Å²) in [7, 11) is 0. The van der Waals surface area contributed by atoms with Gasteiger partial charge in [-0.1, -0.05) is 12.1 Å². The van der Waals surface area contributed by atoms with Crippen molar-refractivity contribution in [1.29, 1.82) is 0 Å². The third-order valence-electron chi connectivity index (χ3n) is 3.27. The third-order valence-corrected chi connectivity index (χ3v) is 3.65. The summed E-state index contributed by atoms with van der Waals surface area (Å²) in [5.74, 6) is -1.47. The van der Waals surface area contributed by atoms with E-state index in [0.29, 0.717) is 5.69 Å². The molecule has 3 N–H and O–H groups in total. The molecule has 0 radical (unpaired) electrons. The predicted molar refractivity (Wildman–Crippen MR) is 86.4 cm³/mol. The Morgan fingerprint density at radius 3 is 2.77 bits per heavy atom. The first-order valence-electron chi connectivity index (χ1n) is 6.49. The average molecular weight is 315 g/mol. The Morgan fingerprint density at radius 2 is 2.05 bits per heavy atom. The average Bonchev–Trinajstić information content (AvgIpc) is 2.91. The highest BCUT2D eigenvalue weighted by Gasteiger charge is 2.13. The molecule has 0 bridgehead atoms. The molecule has 0 aliphatic carbocycles. The summed E-state index contributed by atoms with van der Waals surface area (Å²) >= 11 is 4.49. The number of anilines is 1. The molecule has 3 aromatic rings. The normalized spacial score (nSPS) is 12.2. The van der Waals surface area contributed by atoms with Gasteiger partial charge in [0.2, 0.25) is 0 Å². The Morgan fingerprint density at radius 1 is 1.27 bits per heavy atom. The largest absolute Gasteiger partial charge is 0.507 e. The number of carboxylic acids is 1. The number of hydrogen-bond donors (Lipinski definition) is 4. The Hall–Kier alpha value is -2.67. The van der Waals surface area contributed by atoms with E-state index >= 15 is 0 Å². The van der Waals surface area contributed by atoms with Crippen LogP contribution in [0.15, 0.2) is 48.8 Å². The van der Waals surface area contributed by atoms with Crippen molar-refractivity contribution in [1.82, 2.24) is 9.55 Å². The second-order valence-electron chi connectivity index (χ2n) is 4.70. The summed E-state index contributed by atoms with van der Waals surface area (Å²) in [6.07, 6.45) is 1.67. The van der Waals surface area contributed by atoms with Crippen LogP contribution in [0.4, 0.5) is 5.69 Å². The number of aromatic carboxylic acids is 1. The van der Waals surface area contributed by atoms with Crippen molar-refractivity contribution in [3.05, 3.63) is 54.4 Å². The van der Waals surface area contributed by atoms with Gasteiger partial charge in [-0.15, -0.1) is 12.6 Å². The SMILES string of the molecule is O=C(O)c1ccc(NC(S)n2cnc3ccccc32)cc1O.